The van der Waals surface area contributed by atoms with E-state index in [2.05, 4.69) is 20.8 Å². The molecule has 0 fully saturated rings. The highest BCUT2D eigenvalue weighted by molar-refractivity contribution is 6.07. The van der Waals surface area contributed by atoms with Crippen molar-refractivity contribution in [2.45, 2.75) is 136 Å². The van der Waals surface area contributed by atoms with Crippen LogP contribution in [0.15, 0.2) is 164 Å². The molecule has 0 aliphatic carbocycles. The first-order valence-corrected chi connectivity index (χ1v) is 31.8. The summed E-state index contributed by atoms with van der Waals surface area (Å²) in [6.45, 7) is 7.39. The minimum Gasteiger partial charge on any atom is -0.462 e. The number of benzene rings is 7. The van der Waals surface area contributed by atoms with Crippen molar-refractivity contribution in [2.24, 2.45) is 0 Å². The van der Waals surface area contributed by atoms with Gasteiger partial charge in [0.25, 0.3) is 0 Å². The van der Waals surface area contributed by atoms with Gasteiger partial charge in [0, 0.05) is 0 Å². The Hall–Kier alpha value is -10.2. The summed E-state index contributed by atoms with van der Waals surface area (Å²) < 4.78 is 49.6. The smallest absolute Gasteiger partial charge is 0.344 e. The number of carbonyl (C=O) groups excluding carboxylic acids is 9. The Morgan fingerprint density at radius 1 is 0.215 bits per heavy atom. The fraction of sp³-hybridized carbons (Fsp3) is 0.320. The van der Waals surface area contributed by atoms with Gasteiger partial charge in [-0.2, -0.15) is 0 Å². The molecule has 0 atom stereocenters. The zero-order valence-electron chi connectivity index (χ0n) is 52.8. The molecule has 0 heterocycles. The van der Waals surface area contributed by atoms with Crippen molar-refractivity contribution in [3.63, 3.8) is 0 Å². The molecule has 18 nitrogen and oxygen atoms in total. The van der Waals surface area contributed by atoms with Crippen molar-refractivity contribution in [3.8, 4) is 34.5 Å². The van der Waals surface area contributed by atoms with Crippen LogP contribution < -0.4 is 28.4 Å². The number of hydrogen-bond donors (Lipinski definition) is 0. The highest BCUT2D eigenvalue weighted by Gasteiger charge is 2.25. The molecule has 7 rings (SSSR count). The fourth-order valence-corrected chi connectivity index (χ4v) is 9.35. The molecular formula is C75H78O18. The number of hydrogen-bond acceptors (Lipinski definition) is 18. The lowest BCUT2D eigenvalue weighted by Crippen LogP contribution is -2.19. The van der Waals surface area contributed by atoms with Crippen LogP contribution in [-0.4, -0.2) is 73.5 Å². The quantitative estimate of drug-likeness (QED) is 0.0154. The maximum atomic E-state index is 14.1. The van der Waals surface area contributed by atoms with Gasteiger partial charge < -0.3 is 42.6 Å². The first kappa shape index (κ1) is 70.2. The van der Waals surface area contributed by atoms with Crippen LogP contribution >= 0.6 is 0 Å². The molecule has 0 aliphatic rings. The van der Waals surface area contributed by atoms with Crippen LogP contribution in [0.3, 0.4) is 0 Å². The van der Waals surface area contributed by atoms with Crippen molar-refractivity contribution in [1.29, 1.82) is 0 Å². The van der Waals surface area contributed by atoms with E-state index in [-0.39, 0.29) is 62.3 Å². The maximum Gasteiger partial charge on any atom is 0.344 e. The highest BCUT2D eigenvalue weighted by Crippen LogP contribution is 2.26. The highest BCUT2D eigenvalue weighted by atomic mass is 16.6. The van der Waals surface area contributed by atoms with Crippen molar-refractivity contribution < 1.29 is 85.8 Å². The molecule has 93 heavy (non-hydrogen) atoms. The molecule has 0 saturated carbocycles. The zero-order chi connectivity index (χ0) is 66.2. The standard InChI is InChI=1S/C75H78O18/c1-4-7-10-13-16-19-48-85-67(76)52-22-35-59(36-23-52)88-70(79)55-28-41-62(42-29-55)91-73(82)58-34-47-65(74(83)92-63-43-30-56(31-44-63)71(80)89-60-37-24-53(25-38-60)68(77)86-49-20-17-14-11-8-5-2)66(51-58)75(84)93-64-45-32-57(33-46-64)72(81)90-61-39-26-54(27-40-61)69(78)87-50-21-18-15-12-9-6-3/h22-47,51H,4-21,48-50H2,1-3H3. The van der Waals surface area contributed by atoms with Gasteiger partial charge in [0.1, 0.15) is 34.5 Å². The predicted molar refractivity (Wildman–Crippen MR) is 346 cm³/mol. The number of ether oxygens (including phenoxy) is 9. The van der Waals surface area contributed by atoms with Crippen molar-refractivity contribution in [3.05, 3.63) is 214 Å². The van der Waals surface area contributed by atoms with Gasteiger partial charge in [-0.3, -0.25) is 0 Å². The average molecular weight is 1270 g/mol. The van der Waals surface area contributed by atoms with E-state index in [0.29, 0.717) is 36.5 Å². The molecule has 0 unspecified atom stereocenters. The summed E-state index contributed by atoms with van der Waals surface area (Å²) >= 11 is 0. The summed E-state index contributed by atoms with van der Waals surface area (Å²) in [5, 5.41) is 0. The Balaban J connectivity index is 0.982. The van der Waals surface area contributed by atoms with E-state index >= 15 is 0 Å². The predicted octanol–water partition coefficient (Wildman–Crippen LogP) is 16.6. The van der Waals surface area contributed by atoms with Crippen molar-refractivity contribution in [2.75, 3.05) is 19.8 Å². The molecular weight excluding hydrogens is 1190 g/mol. The SMILES string of the molecule is CCCCCCCCOC(=O)c1ccc(OC(=O)c2ccc(OC(=O)c3ccc(C(=O)Oc4ccc(C(=O)Oc5ccc(C(=O)OCCCCCCCC)cc5)cc4)c(C(=O)Oc4ccc(C(=O)Oc5ccc(C(=O)OCCCCCCCC)cc5)cc4)c3)cc2)cc1. The van der Waals surface area contributed by atoms with Gasteiger partial charge in [0.15, 0.2) is 0 Å². The molecule has 0 saturated heterocycles. The van der Waals surface area contributed by atoms with Gasteiger partial charge in [0.2, 0.25) is 0 Å². The first-order valence-electron chi connectivity index (χ1n) is 31.8. The van der Waals surface area contributed by atoms with Gasteiger partial charge in [-0.25, -0.2) is 43.2 Å². The summed E-state index contributed by atoms with van der Waals surface area (Å²) in [6.07, 6.45) is 19.0. The Morgan fingerprint density at radius 3 is 0.688 bits per heavy atom. The van der Waals surface area contributed by atoms with E-state index in [9.17, 15) is 43.2 Å². The molecule has 0 spiro atoms. The van der Waals surface area contributed by atoms with Crippen molar-refractivity contribution in [1.82, 2.24) is 0 Å². The lowest BCUT2D eigenvalue weighted by Gasteiger charge is -2.12. The summed E-state index contributed by atoms with van der Waals surface area (Å²) in [7, 11) is 0. The lowest BCUT2D eigenvalue weighted by atomic mass is 10.0. The molecule has 18 heteroatoms. The number of unbranched alkanes of at least 4 members (excludes halogenated alkanes) is 15. The minimum absolute atomic E-state index is 0.00331. The van der Waals surface area contributed by atoms with Gasteiger partial charge >= 0.3 is 53.7 Å². The second-order valence-electron chi connectivity index (χ2n) is 22.0. The third kappa shape index (κ3) is 23.2. The van der Waals surface area contributed by atoms with E-state index in [1.807, 2.05) is 0 Å². The van der Waals surface area contributed by atoms with Crippen molar-refractivity contribution >= 4 is 53.7 Å². The molecule has 0 N–H and O–H groups in total. The Morgan fingerprint density at radius 2 is 0.419 bits per heavy atom. The van der Waals surface area contributed by atoms with E-state index in [0.717, 1.165) is 108 Å². The van der Waals surface area contributed by atoms with E-state index in [4.69, 9.17) is 42.6 Å². The second kappa shape index (κ2) is 37.8. The third-order valence-electron chi connectivity index (χ3n) is 14.7. The topological polar surface area (TPSA) is 237 Å². The Kier molecular flexibility index (Phi) is 28.6. The Labute approximate surface area is 541 Å². The van der Waals surface area contributed by atoms with Crippen LogP contribution in [0.4, 0.5) is 0 Å². The third-order valence-corrected chi connectivity index (χ3v) is 14.7. The molecule has 7 aromatic carbocycles. The van der Waals surface area contributed by atoms with E-state index < -0.39 is 59.3 Å². The average Bonchev–Trinajstić information content (AvgIpc) is 0.899. The minimum atomic E-state index is -1.12. The monoisotopic (exact) mass is 1270 g/mol. The lowest BCUT2D eigenvalue weighted by molar-refractivity contribution is 0.0488. The van der Waals surface area contributed by atoms with Gasteiger partial charge in [-0.1, -0.05) is 117 Å². The fourth-order valence-electron chi connectivity index (χ4n) is 9.35. The number of esters is 9. The molecule has 486 valence electrons. The zero-order valence-corrected chi connectivity index (χ0v) is 52.8. The van der Waals surface area contributed by atoms with E-state index in [1.54, 1.807) is 0 Å². The van der Waals surface area contributed by atoms with Crippen LogP contribution in [-0.2, 0) is 14.2 Å². The van der Waals surface area contributed by atoms with E-state index in [1.165, 1.54) is 171 Å². The van der Waals surface area contributed by atoms with Crippen LogP contribution in [0.2, 0.25) is 0 Å². The summed E-state index contributed by atoms with van der Waals surface area (Å²) in [5.74, 6) is -6.43. The van der Waals surface area contributed by atoms with Gasteiger partial charge in [-0.15, -0.1) is 0 Å². The first-order chi connectivity index (χ1) is 45.2. The number of rotatable bonds is 36. The number of carbonyl (C=O) groups is 9. The maximum absolute atomic E-state index is 14.1. The molecule has 0 radical (unpaired) electrons. The normalized spacial score (nSPS) is 10.7. The Bertz CT molecular complexity index is 3590. The molecule has 0 aliphatic heterocycles. The van der Waals surface area contributed by atoms with Crippen LogP contribution in [0.5, 0.6) is 34.5 Å². The van der Waals surface area contributed by atoms with Crippen LogP contribution in [0.25, 0.3) is 0 Å². The van der Waals surface area contributed by atoms with Crippen LogP contribution in [0, 0.1) is 0 Å². The summed E-state index contributed by atoms with van der Waals surface area (Å²) in [4.78, 5) is 119. The second-order valence-corrected chi connectivity index (χ2v) is 22.0. The largest absolute Gasteiger partial charge is 0.462 e. The molecule has 0 aromatic heterocycles. The molecule has 0 bridgehead atoms. The van der Waals surface area contributed by atoms with Gasteiger partial charge in [-0.05, 0) is 183 Å². The summed E-state index contributed by atoms with van der Waals surface area (Å²) in [5.41, 5.74) is 0.206. The van der Waals surface area contributed by atoms with Gasteiger partial charge in [0.05, 0.1) is 69.9 Å². The molecule has 0 amide bonds. The summed E-state index contributed by atoms with van der Waals surface area (Å²) in [6, 6.07) is 37.4. The van der Waals surface area contributed by atoms with Crippen LogP contribution in [0.1, 0.15) is 230 Å². The molecule has 7 aromatic rings.